The van der Waals surface area contributed by atoms with E-state index in [9.17, 15) is 4.79 Å². The SMILES string of the molecule is CC(c1ncc[nH]1)N(CCC(C)(C)C)C(=O)CC[C@H](c1cc2cc(Oc3ccccc3)ccc2nc1N)C1CCCCC1. The standard InChI is InChI=1S/C36H47N5O2/c1-25(35-38-20-21-39-35)41(22-19-36(2,3)4)33(42)18-16-30(26-11-7-5-8-12-26)31-24-27-23-29(15-17-32(27)40-34(31)37)43-28-13-9-6-10-14-28/h6,9-10,13-15,17,20-21,23-26,30H,5,7-8,11-12,16,18-19,22H2,1-4H3,(H2,37,40)(H,38,39)/t25?,30-/m0/s1. The monoisotopic (exact) mass is 581 g/mol. The van der Waals surface area contributed by atoms with Gasteiger partial charge in [-0.3, -0.25) is 4.79 Å². The number of hydrogen-bond donors (Lipinski definition) is 2. The highest BCUT2D eigenvalue weighted by atomic mass is 16.5. The third-order valence-corrected chi connectivity index (χ3v) is 8.92. The Hall–Kier alpha value is -3.87. The molecule has 228 valence electrons. The maximum Gasteiger partial charge on any atom is 0.223 e. The van der Waals surface area contributed by atoms with Gasteiger partial charge in [0.2, 0.25) is 5.91 Å². The Balaban J connectivity index is 1.40. The van der Waals surface area contributed by atoms with Crippen LogP contribution in [0.4, 0.5) is 5.82 Å². The third-order valence-electron chi connectivity index (χ3n) is 8.92. The van der Waals surface area contributed by atoms with E-state index >= 15 is 0 Å². The molecule has 1 unspecified atom stereocenters. The number of carbonyl (C=O) groups is 1. The fourth-order valence-electron chi connectivity index (χ4n) is 6.42. The van der Waals surface area contributed by atoms with Crippen LogP contribution >= 0.6 is 0 Å². The minimum Gasteiger partial charge on any atom is -0.457 e. The summed E-state index contributed by atoms with van der Waals surface area (Å²) in [7, 11) is 0. The zero-order valence-corrected chi connectivity index (χ0v) is 26.2. The van der Waals surface area contributed by atoms with Crippen molar-refractivity contribution < 1.29 is 9.53 Å². The van der Waals surface area contributed by atoms with E-state index in [4.69, 9.17) is 15.5 Å². The Morgan fingerprint density at radius 3 is 2.53 bits per heavy atom. The minimum absolute atomic E-state index is 0.117. The topological polar surface area (TPSA) is 97.1 Å². The average molecular weight is 582 g/mol. The zero-order valence-electron chi connectivity index (χ0n) is 26.2. The highest BCUT2D eigenvalue weighted by Crippen LogP contribution is 2.42. The van der Waals surface area contributed by atoms with E-state index in [0.717, 1.165) is 59.5 Å². The van der Waals surface area contributed by atoms with Gasteiger partial charge in [-0.25, -0.2) is 9.97 Å². The Morgan fingerprint density at radius 2 is 1.84 bits per heavy atom. The molecule has 7 nitrogen and oxygen atoms in total. The average Bonchev–Trinajstić information content (AvgIpc) is 3.53. The van der Waals surface area contributed by atoms with Crippen molar-refractivity contribution in [3.8, 4) is 11.5 Å². The fourth-order valence-corrected chi connectivity index (χ4v) is 6.42. The van der Waals surface area contributed by atoms with E-state index in [1.54, 1.807) is 6.20 Å². The summed E-state index contributed by atoms with van der Waals surface area (Å²) in [6.07, 6.45) is 11.7. The number of H-pyrrole nitrogens is 1. The number of fused-ring (bicyclic) bond motifs is 1. The van der Waals surface area contributed by atoms with Crippen LogP contribution in [0.15, 0.2) is 67.0 Å². The summed E-state index contributed by atoms with van der Waals surface area (Å²) < 4.78 is 6.12. The molecule has 1 saturated carbocycles. The molecule has 1 amide bonds. The fraction of sp³-hybridized carbons (Fsp3) is 0.472. The number of carbonyl (C=O) groups excluding carboxylic acids is 1. The molecule has 3 N–H and O–H groups in total. The number of nitrogens with zero attached hydrogens (tertiary/aromatic N) is 3. The first-order valence-corrected chi connectivity index (χ1v) is 15.9. The van der Waals surface area contributed by atoms with Gasteiger partial charge < -0.3 is 20.4 Å². The van der Waals surface area contributed by atoms with Crippen LogP contribution < -0.4 is 10.5 Å². The Kier molecular flexibility index (Phi) is 9.69. The quantitative estimate of drug-likeness (QED) is 0.184. The van der Waals surface area contributed by atoms with Crippen LogP contribution in [0.5, 0.6) is 11.5 Å². The first-order valence-electron chi connectivity index (χ1n) is 15.9. The van der Waals surface area contributed by atoms with Crippen molar-refractivity contribution >= 4 is 22.6 Å². The summed E-state index contributed by atoms with van der Waals surface area (Å²) in [6, 6.07) is 17.8. The molecular formula is C36H47N5O2. The molecule has 43 heavy (non-hydrogen) atoms. The summed E-state index contributed by atoms with van der Waals surface area (Å²) in [5.74, 6) is 3.77. The van der Waals surface area contributed by atoms with Crippen LogP contribution in [0.1, 0.15) is 102 Å². The van der Waals surface area contributed by atoms with Crippen LogP contribution in [0.2, 0.25) is 0 Å². The number of hydrogen-bond acceptors (Lipinski definition) is 5. The third kappa shape index (κ3) is 7.95. The number of aromatic nitrogens is 3. The van der Waals surface area contributed by atoms with Gasteiger partial charge in [-0.05, 0) is 91.8 Å². The summed E-state index contributed by atoms with van der Waals surface area (Å²) >= 11 is 0. The number of nitrogen functional groups attached to an aromatic ring is 1. The smallest absolute Gasteiger partial charge is 0.223 e. The van der Waals surface area contributed by atoms with Gasteiger partial charge in [0.25, 0.3) is 0 Å². The summed E-state index contributed by atoms with van der Waals surface area (Å²) in [5.41, 5.74) is 8.71. The first-order chi connectivity index (χ1) is 20.7. The molecule has 1 aliphatic carbocycles. The number of para-hydroxylation sites is 1. The van der Waals surface area contributed by atoms with Crippen LogP contribution in [-0.4, -0.2) is 32.3 Å². The van der Waals surface area contributed by atoms with Crippen molar-refractivity contribution in [3.63, 3.8) is 0 Å². The minimum atomic E-state index is -0.117. The van der Waals surface area contributed by atoms with Crippen molar-refractivity contribution in [2.75, 3.05) is 12.3 Å². The summed E-state index contributed by atoms with van der Waals surface area (Å²) in [6.45, 7) is 9.43. The van der Waals surface area contributed by atoms with Gasteiger partial charge in [0.1, 0.15) is 23.1 Å². The van der Waals surface area contributed by atoms with Gasteiger partial charge in [-0.1, -0.05) is 58.2 Å². The maximum absolute atomic E-state index is 14.0. The Bertz CT molecular complexity index is 1470. The molecule has 7 heteroatoms. The lowest BCUT2D eigenvalue weighted by Gasteiger charge is -2.34. The van der Waals surface area contributed by atoms with Gasteiger partial charge in [-0.15, -0.1) is 0 Å². The number of aromatic amines is 1. The number of nitrogens with one attached hydrogen (secondary N) is 1. The number of benzene rings is 2. The molecule has 0 saturated heterocycles. The van der Waals surface area contributed by atoms with Crippen LogP contribution in [0.3, 0.4) is 0 Å². The Morgan fingerprint density at radius 1 is 1.07 bits per heavy atom. The predicted octanol–water partition coefficient (Wildman–Crippen LogP) is 8.80. The summed E-state index contributed by atoms with van der Waals surface area (Å²) in [4.78, 5) is 28.5. The van der Waals surface area contributed by atoms with Crippen molar-refractivity contribution in [1.29, 1.82) is 0 Å². The second kappa shape index (κ2) is 13.6. The number of ether oxygens (including phenoxy) is 1. The molecule has 1 aliphatic rings. The molecule has 1 fully saturated rings. The lowest BCUT2D eigenvalue weighted by molar-refractivity contribution is -0.134. The van der Waals surface area contributed by atoms with Gasteiger partial charge in [0, 0.05) is 30.7 Å². The molecule has 5 rings (SSSR count). The second-order valence-corrected chi connectivity index (χ2v) is 13.3. The lowest BCUT2D eigenvalue weighted by atomic mass is 9.74. The van der Waals surface area contributed by atoms with Crippen LogP contribution in [0.25, 0.3) is 10.9 Å². The number of rotatable bonds is 11. The van der Waals surface area contributed by atoms with Crippen LogP contribution in [0, 0.1) is 11.3 Å². The number of nitrogens with two attached hydrogens (primary N) is 1. The number of amides is 1. The van der Waals surface area contributed by atoms with Crippen molar-refractivity contribution in [1.82, 2.24) is 19.9 Å². The molecule has 4 aromatic rings. The predicted molar refractivity (Wildman–Crippen MR) is 174 cm³/mol. The zero-order chi connectivity index (χ0) is 30.4. The summed E-state index contributed by atoms with van der Waals surface area (Å²) in [5, 5.41) is 1.00. The van der Waals surface area contributed by atoms with Crippen molar-refractivity contribution in [3.05, 3.63) is 78.4 Å². The van der Waals surface area contributed by atoms with E-state index < -0.39 is 0 Å². The molecule has 0 radical (unpaired) electrons. The second-order valence-electron chi connectivity index (χ2n) is 13.3. The largest absolute Gasteiger partial charge is 0.457 e. The normalized spacial score (nSPS) is 15.7. The molecule has 2 aromatic heterocycles. The number of imidazole rings is 1. The van der Waals surface area contributed by atoms with Gasteiger partial charge in [0.05, 0.1) is 11.6 Å². The van der Waals surface area contributed by atoms with Crippen molar-refractivity contribution in [2.24, 2.45) is 11.3 Å². The molecule has 0 spiro atoms. The van der Waals surface area contributed by atoms with E-state index in [-0.39, 0.29) is 23.3 Å². The van der Waals surface area contributed by atoms with Crippen LogP contribution in [-0.2, 0) is 4.79 Å². The molecule has 2 atom stereocenters. The van der Waals surface area contributed by atoms with Gasteiger partial charge in [-0.2, -0.15) is 0 Å². The van der Waals surface area contributed by atoms with Gasteiger partial charge in [0.15, 0.2) is 0 Å². The highest BCUT2D eigenvalue weighted by molar-refractivity contribution is 5.83. The Labute approximate surface area is 256 Å². The van der Waals surface area contributed by atoms with E-state index in [1.165, 1.54) is 19.3 Å². The highest BCUT2D eigenvalue weighted by Gasteiger charge is 2.30. The van der Waals surface area contributed by atoms with E-state index in [2.05, 4.69) is 43.7 Å². The lowest BCUT2D eigenvalue weighted by Crippen LogP contribution is -2.36. The molecule has 2 heterocycles. The first kappa shape index (κ1) is 30.6. The van der Waals surface area contributed by atoms with E-state index in [1.807, 2.05) is 59.6 Å². The molecule has 2 aromatic carbocycles. The maximum atomic E-state index is 14.0. The number of pyridine rings is 1. The number of anilines is 1. The molecule has 0 bridgehead atoms. The molecular weight excluding hydrogens is 534 g/mol. The molecule has 0 aliphatic heterocycles. The van der Waals surface area contributed by atoms with E-state index in [0.29, 0.717) is 24.7 Å². The van der Waals surface area contributed by atoms with Gasteiger partial charge >= 0.3 is 0 Å². The van der Waals surface area contributed by atoms with Crippen molar-refractivity contribution in [2.45, 2.75) is 91.0 Å².